The molecule has 0 unspecified atom stereocenters. The molecule has 8 nitrogen and oxygen atoms in total. The number of halogens is 1. The van der Waals surface area contributed by atoms with Crippen LogP contribution in [-0.2, 0) is 17.1 Å². The Morgan fingerprint density at radius 2 is 1.90 bits per heavy atom. The molecule has 0 spiro atoms. The molecule has 0 radical (unpaired) electrons. The van der Waals surface area contributed by atoms with E-state index in [9.17, 15) is 4.79 Å². The highest BCUT2D eigenvalue weighted by Crippen LogP contribution is 2.28. The van der Waals surface area contributed by atoms with Crippen LogP contribution in [0.25, 0.3) is 0 Å². The SMILES string of the molecule is CCn1c(CSc2nc(C)cc(C)n2)nnc1SCC(=O)Nc1cc(Cl)ccc1OC. The summed E-state index contributed by atoms with van der Waals surface area (Å²) in [4.78, 5) is 21.3. The summed E-state index contributed by atoms with van der Waals surface area (Å²) in [6.07, 6.45) is 0. The fourth-order valence-electron chi connectivity index (χ4n) is 2.83. The Morgan fingerprint density at radius 1 is 1.16 bits per heavy atom. The molecule has 0 fully saturated rings. The van der Waals surface area contributed by atoms with Crippen LogP contribution in [0.3, 0.4) is 0 Å². The van der Waals surface area contributed by atoms with Crippen LogP contribution in [0.1, 0.15) is 24.1 Å². The number of benzene rings is 1. The van der Waals surface area contributed by atoms with Crippen molar-refractivity contribution in [3.63, 3.8) is 0 Å². The predicted molar refractivity (Wildman–Crippen MR) is 124 cm³/mol. The van der Waals surface area contributed by atoms with Crippen LogP contribution < -0.4 is 10.1 Å². The van der Waals surface area contributed by atoms with E-state index in [2.05, 4.69) is 25.5 Å². The van der Waals surface area contributed by atoms with Gasteiger partial charge < -0.3 is 14.6 Å². The van der Waals surface area contributed by atoms with Crippen LogP contribution in [0.4, 0.5) is 5.69 Å². The fourth-order valence-corrected chi connectivity index (χ4v) is 4.71. The quantitative estimate of drug-likeness (QED) is 0.357. The zero-order valence-electron chi connectivity index (χ0n) is 17.7. The van der Waals surface area contributed by atoms with Crippen molar-refractivity contribution in [3.8, 4) is 5.75 Å². The van der Waals surface area contributed by atoms with Crippen molar-refractivity contribution in [2.24, 2.45) is 0 Å². The van der Waals surface area contributed by atoms with Crippen LogP contribution in [-0.4, -0.2) is 43.5 Å². The molecule has 2 heterocycles. The van der Waals surface area contributed by atoms with E-state index < -0.39 is 0 Å². The molecule has 0 aliphatic rings. The van der Waals surface area contributed by atoms with Crippen LogP contribution in [0.15, 0.2) is 34.6 Å². The number of aryl methyl sites for hydroxylation is 2. The van der Waals surface area contributed by atoms with E-state index in [0.717, 1.165) is 17.2 Å². The van der Waals surface area contributed by atoms with Gasteiger partial charge in [0.25, 0.3) is 0 Å². The lowest BCUT2D eigenvalue weighted by atomic mass is 10.3. The second kappa shape index (κ2) is 10.8. The highest BCUT2D eigenvalue weighted by Gasteiger charge is 2.15. The summed E-state index contributed by atoms with van der Waals surface area (Å²) in [6, 6.07) is 7.01. The van der Waals surface area contributed by atoms with E-state index in [-0.39, 0.29) is 11.7 Å². The Balaban J connectivity index is 1.61. The maximum atomic E-state index is 12.4. The Bertz CT molecular complexity index is 1060. The molecule has 2 aromatic heterocycles. The monoisotopic (exact) mass is 478 g/mol. The predicted octanol–water partition coefficient (Wildman–Crippen LogP) is 4.39. The molecule has 1 amide bonds. The molecule has 164 valence electrons. The summed E-state index contributed by atoms with van der Waals surface area (Å²) in [6.45, 7) is 6.62. The third-order valence-corrected chi connectivity index (χ3v) is 6.21. The summed E-state index contributed by atoms with van der Waals surface area (Å²) >= 11 is 8.86. The lowest BCUT2D eigenvalue weighted by Crippen LogP contribution is -2.15. The van der Waals surface area contributed by atoms with Crippen LogP contribution in [0.5, 0.6) is 5.75 Å². The van der Waals surface area contributed by atoms with Gasteiger partial charge in [0, 0.05) is 23.0 Å². The number of hydrogen-bond donors (Lipinski definition) is 1. The molecule has 0 saturated carbocycles. The summed E-state index contributed by atoms with van der Waals surface area (Å²) in [5.41, 5.74) is 2.40. The number of nitrogens with zero attached hydrogens (tertiary/aromatic N) is 5. The second-order valence-corrected chi connectivity index (χ2v) is 8.87. The number of methoxy groups -OCH3 is 1. The maximum absolute atomic E-state index is 12.4. The van der Waals surface area contributed by atoms with Gasteiger partial charge in [-0.15, -0.1) is 10.2 Å². The van der Waals surface area contributed by atoms with Gasteiger partial charge in [0.15, 0.2) is 10.3 Å². The molecule has 0 aliphatic heterocycles. The highest BCUT2D eigenvalue weighted by molar-refractivity contribution is 7.99. The van der Waals surface area contributed by atoms with Crippen molar-refractivity contribution in [1.82, 2.24) is 24.7 Å². The molecule has 1 aromatic carbocycles. The van der Waals surface area contributed by atoms with E-state index in [0.29, 0.717) is 39.1 Å². The number of aromatic nitrogens is 5. The number of ether oxygens (including phenoxy) is 1. The first-order chi connectivity index (χ1) is 14.9. The van der Waals surface area contributed by atoms with Gasteiger partial charge in [-0.25, -0.2) is 9.97 Å². The average molecular weight is 479 g/mol. The topological polar surface area (TPSA) is 94.8 Å². The molecule has 11 heteroatoms. The minimum absolute atomic E-state index is 0.182. The minimum atomic E-state index is -0.184. The van der Waals surface area contributed by atoms with Crippen molar-refractivity contribution >= 4 is 46.7 Å². The number of carbonyl (C=O) groups excluding carboxylic acids is 1. The summed E-state index contributed by atoms with van der Waals surface area (Å²) in [5, 5.41) is 13.3. The van der Waals surface area contributed by atoms with E-state index in [4.69, 9.17) is 16.3 Å². The standard InChI is InChI=1S/C20H23ClN6O2S2/c1-5-27-17(10-30-19-22-12(2)8-13(3)23-19)25-26-20(27)31-11-18(28)24-15-9-14(21)6-7-16(15)29-4/h6-9H,5,10-11H2,1-4H3,(H,24,28). The van der Waals surface area contributed by atoms with Gasteiger partial charge in [0.05, 0.1) is 24.3 Å². The normalized spacial score (nSPS) is 10.9. The third kappa shape index (κ3) is 6.34. The van der Waals surface area contributed by atoms with Gasteiger partial charge in [-0.1, -0.05) is 35.1 Å². The molecule has 1 N–H and O–H groups in total. The zero-order chi connectivity index (χ0) is 22.4. The number of thioether (sulfide) groups is 2. The van der Waals surface area contributed by atoms with Crippen LogP contribution in [0.2, 0.25) is 5.02 Å². The van der Waals surface area contributed by atoms with Crippen molar-refractivity contribution < 1.29 is 9.53 Å². The maximum Gasteiger partial charge on any atom is 0.234 e. The van der Waals surface area contributed by atoms with E-state index in [1.165, 1.54) is 23.5 Å². The second-order valence-electron chi connectivity index (χ2n) is 6.55. The van der Waals surface area contributed by atoms with Gasteiger partial charge in [-0.05, 0) is 45.0 Å². The van der Waals surface area contributed by atoms with E-state index in [1.807, 2.05) is 31.4 Å². The molecule has 3 aromatic rings. The van der Waals surface area contributed by atoms with Crippen molar-refractivity contribution in [3.05, 3.63) is 46.5 Å². The largest absolute Gasteiger partial charge is 0.495 e. The number of amides is 1. The molecule has 3 rings (SSSR count). The molecule has 0 aliphatic carbocycles. The van der Waals surface area contributed by atoms with Crippen LogP contribution >= 0.6 is 35.1 Å². The number of carbonyl (C=O) groups is 1. The van der Waals surface area contributed by atoms with Crippen molar-refractivity contribution in [2.45, 2.75) is 43.4 Å². The summed E-state index contributed by atoms with van der Waals surface area (Å²) in [7, 11) is 1.54. The number of hydrogen-bond acceptors (Lipinski definition) is 8. The van der Waals surface area contributed by atoms with Gasteiger partial charge in [-0.2, -0.15) is 0 Å². The number of rotatable bonds is 9. The first kappa shape index (κ1) is 23.4. The lowest BCUT2D eigenvalue weighted by molar-refractivity contribution is -0.113. The molecular formula is C20H23ClN6O2S2. The zero-order valence-corrected chi connectivity index (χ0v) is 20.1. The number of anilines is 1. The third-order valence-electron chi connectivity index (χ3n) is 4.17. The Labute approximate surface area is 194 Å². The van der Waals surface area contributed by atoms with Gasteiger partial charge in [0.1, 0.15) is 11.6 Å². The Kier molecular flexibility index (Phi) is 8.16. The van der Waals surface area contributed by atoms with Crippen molar-refractivity contribution in [2.75, 3.05) is 18.2 Å². The first-order valence-corrected chi connectivity index (χ1v) is 11.9. The first-order valence-electron chi connectivity index (χ1n) is 9.53. The smallest absolute Gasteiger partial charge is 0.234 e. The summed E-state index contributed by atoms with van der Waals surface area (Å²) in [5.74, 6) is 1.95. The van der Waals surface area contributed by atoms with Crippen LogP contribution in [0, 0.1) is 13.8 Å². The highest BCUT2D eigenvalue weighted by atomic mass is 35.5. The van der Waals surface area contributed by atoms with E-state index in [1.54, 1.807) is 25.3 Å². The molecular weight excluding hydrogens is 456 g/mol. The minimum Gasteiger partial charge on any atom is -0.495 e. The molecule has 0 atom stereocenters. The Hall–Kier alpha value is -2.30. The molecule has 0 saturated heterocycles. The van der Waals surface area contributed by atoms with Gasteiger partial charge >= 0.3 is 0 Å². The average Bonchev–Trinajstić information content (AvgIpc) is 3.12. The van der Waals surface area contributed by atoms with Gasteiger partial charge in [-0.3, -0.25) is 4.79 Å². The summed E-state index contributed by atoms with van der Waals surface area (Å²) < 4.78 is 7.26. The van der Waals surface area contributed by atoms with Gasteiger partial charge in [0.2, 0.25) is 5.91 Å². The molecule has 31 heavy (non-hydrogen) atoms. The lowest BCUT2D eigenvalue weighted by Gasteiger charge is -2.11. The Morgan fingerprint density at radius 3 is 2.58 bits per heavy atom. The van der Waals surface area contributed by atoms with E-state index >= 15 is 0 Å². The number of nitrogens with one attached hydrogen (secondary N) is 1. The fraction of sp³-hybridized carbons (Fsp3) is 0.350. The van der Waals surface area contributed by atoms with Crippen molar-refractivity contribution in [1.29, 1.82) is 0 Å². The molecule has 0 bridgehead atoms.